The fraction of sp³-hybridized carbons (Fsp3) is 0.531. The van der Waals surface area contributed by atoms with Gasteiger partial charge in [-0.05, 0) is 92.9 Å². The number of likely N-dealkylation sites (tertiary alicyclic amines) is 1. The van der Waals surface area contributed by atoms with Crippen LogP contribution in [0.5, 0.6) is 0 Å². The first-order chi connectivity index (χ1) is 20.0. The Labute approximate surface area is 242 Å². The maximum Gasteiger partial charge on any atom is 0.304 e. The molecule has 218 valence electrons. The van der Waals surface area contributed by atoms with Crippen molar-refractivity contribution >= 4 is 17.5 Å². The number of hydrogen-bond donors (Lipinski definition) is 2. The number of fused-ring (bicyclic) bond motifs is 1. The number of hydrogen-bond acceptors (Lipinski definition) is 7. The van der Waals surface area contributed by atoms with Crippen LogP contribution in [-0.4, -0.2) is 83.2 Å². The molecule has 3 aromatic rings. The highest BCUT2D eigenvalue weighted by Gasteiger charge is 2.28. The van der Waals surface area contributed by atoms with Gasteiger partial charge in [0.15, 0.2) is 0 Å². The molecule has 9 nitrogen and oxygen atoms in total. The van der Waals surface area contributed by atoms with Crippen LogP contribution in [0.2, 0.25) is 0 Å². The van der Waals surface area contributed by atoms with Gasteiger partial charge in [-0.15, -0.1) is 0 Å². The lowest BCUT2D eigenvalue weighted by Crippen LogP contribution is -2.36. The van der Waals surface area contributed by atoms with Gasteiger partial charge in [-0.1, -0.05) is 6.07 Å². The third-order valence-electron chi connectivity index (χ3n) is 8.79. The summed E-state index contributed by atoms with van der Waals surface area (Å²) in [5, 5.41) is 18.0. The third kappa shape index (κ3) is 6.90. The Morgan fingerprint density at radius 1 is 1.15 bits per heavy atom. The van der Waals surface area contributed by atoms with Crippen molar-refractivity contribution in [2.24, 2.45) is 5.92 Å². The van der Waals surface area contributed by atoms with Crippen LogP contribution in [0.1, 0.15) is 54.1 Å². The van der Waals surface area contributed by atoms with Crippen LogP contribution in [0, 0.1) is 12.8 Å². The second kappa shape index (κ2) is 12.6. The Kier molecular flexibility index (Phi) is 8.53. The summed E-state index contributed by atoms with van der Waals surface area (Å²) in [5.74, 6) is 0.818. The van der Waals surface area contributed by atoms with Gasteiger partial charge in [-0.2, -0.15) is 5.10 Å². The Hall–Kier alpha value is -3.43. The average molecular weight is 559 g/mol. The van der Waals surface area contributed by atoms with Gasteiger partial charge in [0.05, 0.1) is 31.0 Å². The lowest BCUT2D eigenvalue weighted by Gasteiger charge is -2.31. The van der Waals surface area contributed by atoms with E-state index < -0.39 is 5.97 Å². The maximum absolute atomic E-state index is 12.1. The Balaban J connectivity index is 1.16. The standard InChI is InChI=1S/C32H42N6O3/c1-23-8-12-38(35-23)30-18-26(17-29(20-30)37-13-15-41-16-14-37)27(19-31(39)40)22-36-11-9-24(21-36)4-6-28-7-5-25-3-2-10-33-32(25)34-28/h5,7-8,12,17-18,20,24,27H,2-4,6,9-11,13-16,19,21-22H2,1H3,(H,33,34)(H,39,40)/t24-,27?/m1/s1. The van der Waals surface area contributed by atoms with E-state index in [1.54, 1.807) is 0 Å². The Morgan fingerprint density at radius 3 is 2.80 bits per heavy atom. The van der Waals surface area contributed by atoms with E-state index >= 15 is 0 Å². The summed E-state index contributed by atoms with van der Waals surface area (Å²) < 4.78 is 7.49. The number of aliphatic carboxylic acids is 1. The van der Waals surface area contributed by atoms with E-state index in [4.69, 9.17) is 9.72 Å². The van der Waals surface area contributed by atoms with E-state index in [-0.39, 0.29) is 12.3 Å². The van der Waals surface area contributed by atoms with Crippen LogP contribution in [0.3, 0.4) is 0 Å². The van der Waals surface area contributed by atoms with Crippen molar-refractivity contribution in [2.45, 2.75) is 51.4 Å². The second-order valence-corrected chi connectivity index (χ2v) is 11.9. The predicted molar refractivity (Wildman–Crippen MR) is 160 cm³/mol. The smallest absolute Gasteiger partial charge is 0.304 e. The molecule has 1 unspecified atom stereocenters. The number of carboxylic acids is 1. The number of aromatic nitrogens is 3. The van der Waals surface area contributed by atoms with E-state index in [1.165, 1.54) is 17.7 Å². The highest BCUT2D eigenvalue weighted by molar-refractivity contribution is 5.68. The summed E-state index contributed by atoms with van der Waals surface area (Å²) in [5.41, 5.74) is 6.60. The molecule has 1 aromatic carbocycles. The van der Waals surface area contributed by atoms with Gasteiger partial charge >= 0.3 is 5.97 Å². The molecule has 0 amide bonds. The molecule has 3 aliphatic heterocycles. The molecule has 0 aliphatic carbocycles. The summed E-state index contributed by atoms with van der Waals surface area (Å²) in [4.78, 5) is 21.7. The Bertz CT molecular complexity index is 1350. The normalized spacial score (nSPS) is 20.0. The number of aryl methyl sites for hydroxylation is 3. The number of morpholine rings is 1. The van der Waals surface area contributed by atoms with Crippen LogP contribution < -0.4 is 10.2 Å². The average Bonchev–Trinajstić information content (AvgIpc) is 3.64. The van der Waals surface area contributed by atoms with Crippen LogP contribution in [0.25, 0.3) is 5.69 Å². The number of carboxylic acid groups (broad SMARTS) is 1. The summed E-state index contributed by atoms with van der Waals surface area (Å²) in [6.07, 6.45) is 7.62. The van der Waals surface area contributed by atoms with Crippen molar-refractivity contribution < 1.29 is 14.6 Å². The summed E-state index contributed by atoms with van der Waals surface area (Å²) in [6.45, 7) is 8.81. The lowest BCUT2D eigenvalue weighted by atomic mass is 9.93. The van der Waals surface area contributed by atoms with Crippen molar-refractivity contribution in [1.82, 2.24) is 19.7 Å². The van der Waals surface area contributed by atoms with Crippen molar-refractivity contribution in [3.05, 3.63) is 65.1 Å². The summed E-state index contributed by atoms with van der Waals surface area (Å²) in [7, 11) is 0. The summed E-state index contributed by atoms with van der Waals surface area (Å²) >= 11 is 0. The first-order valence-electron chi connectivity index (χ1n) is 15.2. The molecule has 2 saturated heterocycles. The van der Waals surface area contributed by atoms with Crippen molar-refractivity contribution in [3.8, 4) is 5.69 Å². The zero-order valence-corrected chi connectivity index (χ0v) is 24.1. The van der Waals surface area contributed by atoms with E-state index in [9.17, 15) is 9.90 Å². The molecule has 2 fully saturated rings. The van der Waals surface area contributed by atoms with Crippen LogP contribution in [-0.2, 0) is 22.4 Å². The van der Waals surface area contributed by atoms with E-state index in [1.807, 2.05) is 23.9 Å². The minimum absolute atomic E-state index is 0.101. The minimum atomic E-state index is -0.758. The zero-order chi connectivity index (χ0) is 28.2. The number of nitrogens with one attached hydrogen (secondary N) is 1. The highest BCUT2D eigenvalue weighted by atomic mass is 16.5. The number of ether oxygens (including phenoxy) is 1. The van der Waals surface area contributed by atoms with Crippen molar-refractivity contribution in [3.63, 3.8) is 0 Å². The molecule has 2 N–H and O–H groups in total. The van der Waals surface area contributed by atoms with Crippen LogP contribution in [0.4, 0.5) is 11.5 Å². The Morgan fingerprint density at radius 2 is 2.00 bits per heavy atom. The second-order valence-electron chi connectivity index (χ2n) is 11.9. The fourth-order valence-electron chi connectivity index (χ4n) is 6.53. The SMILES string of the molecule is Cc1ccn(-c2cc(C(CC(=O)O)CN3CC[C@@H](CCc4ccc5c(n4)NCCC5)C3)cc(N3CCOCC3)c2)n1. The van der Waals surface area contributed by atoms with Crippen molar-refractivity contribution in [1.29, 1.82) is 0 Å². The molecule has 5 heterocycles. The van der Waals surface area contributed by atoms with Crippen LogP contribution >= 0.6 is 0 Å². The number of benzene rings is 1. The minimum Gasteiger partial charge on any atom is -0.481 e. The quantitative estimate of drug-likeness (QED) is 0.381. The van der Waals surface area contributed by atoms with Gasteiger partial charge in [0.2, 0.25) is 0 Å². The molecule has 6 rings (SSSR count). The summed E-state index contributed by atoms with van der Waals surface area (Å²) in [6, 6.07) is 12.9. The highest BCUT2D eigenvalue weighted by Crippen LogP contribution is 2.32. The zero-order valence-electron chi connectivity index (χ0n) is 24.1. The largest absolute Gasteiger partial charge is 0.481 e. The molecule has 0 bridgehead atoms. The monoisotopic (exact) mass is 558 g/mol. The lowest BCUT2D eigenvalue weighted by molar-refractivity contribution is -0.137. The number of pyridine rings is 1. The van der Waals surface area contributed by atoms with E-state index in [0.29, 0.717) is 19.1 Å². The number of rotatable bonds is 10. The molecule has 0 radical (unpaired) electrons. The molecule has 3 aliphatic rings. The molecule has 9 heteroatoms. The van der Waals surface area contributed by atoms with Gasteiger partial charge < -0.3 is 25.0 Å². The van der Waals surface area contributed by atoms with E-state index in [2.05, 4.69) is 50.5 Å². The predicted octanol–water partition coefficient (Wildman–Crippen LogP) is 4.28. The molecule has 41 heavy (non-hydrogen) atoms. The van der Waals surface area contributed by atoms with Gasteiger partial charge in [0.1, 0.15) is 5.82 Å². The maximum atomic E-state index is 12.1. The molecule has 0 spiro atoms. The van der Waals surface area contributed by atoms with Crippen molar-refractivity contribution in [2.75, 3.05) is 62.7 Å². The first kappa shape index (κ1) is 27.7. The van der Waals surface area contributed by atoms with Gasteiger partial charge in [0.25, 0.3) is 0 Å². The van der Waals surface area contributed by atoms with E-state index in [0.717, 1.165) is 93.4 Å². The first-order valence-corrected chi connectivity index (χ1v) is 15.2. The fourth-order valence-corrected chi connectivity index (χ4v) is 6.53. The van der Waals surface area contributed by atoms with Gasteiger partial charge in [0, 0.05) is 56.2 Å². The van der Waals surface area contributed by atoms with Crippen LogP contribution in [0.15, 0.2) is 42.6 Å². The molecular weight excluding hydrogens is 516 g/mol. The molecule has 0 saturated carbocycles. The molecular formula is C32H42N6O3. The molecule has 2 atom stereocenters. The number of anilines is 2. The number of carbonyl (C=O) groups is 1. The van der Waals surface area contributed by atoms with Gasteiger partial charge in [-0.25, -0.2) is 9.67 Å². The van der Waals surface area contributed by atoms with Gasteiger partial charge in [-0.3, -0.25) is 4.79 Å². The number of nitrogens with zero attached hydrogens (tertiary/aromatic N) is 5. The topological polar surface area (TPSA) is 95.8 Å². The third-order valence-corrected chi connectivity index (χ3v) is 8.79. The molecule has 2 aromatic heterocycles.